The number of primary amides is 1. The molecule has 0 fully saturated rings. The zero-order chi connectivity index (χ0) is 20.3. The SMILES string of the molecule is C=C/C(=C\C(=C/C)NC(=O)OC(C)(C)C)C(=O)NC(CCSC)C(N)=O. The highest BCUT2D eigenvalue weighted by atomic mass is 32.2. The Balaban J connectivity index is 5.15. The Morgan fingerprint density at radius 1 is 1.31 bits per heavy atom. The molecule has 0 aliphatic carbocycles. The van der Waals surface area contributed by atoms with E-state index < -0.39 is 29.6 Å². The van der Waals surface area contributed by atoms with Gasteiger partial charge in [-0.15, -0.1) is 0 Å². The van der Waals surface area contributed by atoms with Crippen molar-refractivity contribution in [2.24, 2.45) is 5.73 Å². The van der Waals surface area contributed by atoms with Crippen LogP contribution in [0.4, 0.5) is 4.79 Å². The largest absolute Gasteiger partial charge is 0.444 e. The summed E-state index contributed by atoms with van der Waals surface area (Å²) in [5, 5.41) is 5.14. The fourth-order valence-electron chi connectivity index (χ4n) is 1.76. The molecule has 0 rings (SSSR count). The maximum atomic E-state index is 12.4. The third-order valence-electron chi connectivity index (χ3n) is 3.01. The van der Waals surface area contributed by atoms with Crippen molar-refractivity contribution < 1.29 is 19.1 Å². The summed E-state index contributed by atoms with van der Waals surface area (Å²) >= 11 is 1.55. The van der Waals surface area contributed by atoms with E-state index in [1.54, 1.807) is 45.5 Å². The molecule has 0 saturated carbocycles. The first kappa shape index (κ1) is 23.8. The summed E-state index contributed by atoms with van der Waals surface area (Å²) in [5.74, 6) is -0.425. The van der Waals surface area contributed by atoms with Gasteiger partial charge in [0.1, 0.15) is 11.6 Å². The molecule has 4 N–H and O–H groups in total. The topological polar surface area (TPSA) is 111 Å². The van der Waals surface area contributed by atoms with E-state index in [2.05, 4.69) is 17.2 Å². The summed E-state index contributed by atoms with van der Waals surface area (Å²) in [6, 6.07) is -0.772. The predicted octanol–water partition coefficient (Wildman–Crippen LogP) is 2.25. The highest BCUT2D eigenvalue weighted by molar-refractivity contribution is 7.98. The zero-order valence-electron chi connectivity index (χ0n) is 16.0. The summed E-state index contributed by atoms with van der Waals surface area (Å²) in [6.45, 7) is 10.5. The first-order valence-corrected chi connectivity index (χ1v) is 9.53. The van der Waals surface area contributed by atoms with Crippen LogP contribution in [-0.2, 0) is 14.3 Å². The van der Waals surface area contributed by atoms with Crippen LogP contribution >= 0.6 is 11.8 Å². The van der Waals surface area contributed by atoms with Crippen molar-refractivity contribution in [3.8, 4) is 0 Å². The van der Waals surface area contributed by atoms with Crippen LogP contribution in [0.3, 0.4) is 0 Å². The summed E-state index contributed by atoms with van der Waals surface area (Å²) in [6.07, 6.45) is 6.08. The Bertz CT molecular complexity index is 592. The lowest BCUT2D eigenvalue weighted by molar-refractivity contribution is -0.125. The molecular weight excluding hydrogens is 354 g/mol. The van der Waals surface area contributed by atoms with Gasteiger partial charge in [0.15, 0.2) is 0 Å². The molecule has 0 aromatic rings. The lowest BCUT2D eigenvalue weighted by Crippen LogP contribution is -2.45. The number of rotatable bonds is 9. The second-order valence-corrected chi connectivity index (χ2v) is 7.37. The van der Waals surface area contributed by atoms with Gasteiger partial charge in [0, 0.05) is 11.3 Å². The minimum Gasteiger partial charge on any atom is -0.444 e. The molecule has 0 radical (unpaired) electrons. The number of ether oxygens (including phenoxy) is 1. The highest BCUT2D eigenvalue weighted by Crippen LogP contribution is 2.09. The Morgan fingerprint density at radius 2 is 1.92 bits per heavy atom. The van der Waals surface area contributed by atoms with Crippen molar-refractivity contribution in [2.45, 2.75) is 45.8 Å². The molecule has 0 aromatic carbocycles. The highest BCUT2D eigenvalue weighted by Gasteiger charge is 2.20. The molecule has 0 aromatic heterocycles. The maximum absolute atomic E-state index is 12.4. The minimum absolute atomic E-state index is 0.185. The molecule has 0 aliphatic rings. The predicted molar refractivity (Wildman–Crippen MR) is 106 cm³/mol. The van der Waals surface area contributed by atoms with Crippen molar-refractivity contribution in [2.75, 3.05) is 12.0 Å². The van der Waals surface area contributed by atoms with Gasteiger partial charge in [-0.05, 0) is 52.2 Å². The van der Waals surface area contributed by atoms with Crippen LogP contribution in [0.1, 0.15) is 34.1 Å². The average Bonchev–Trinajstić information content (AvgIpc) is 2.52. The summed E-state index contributed by atoms with van der Waals surface area (Å²) in [5.41, 5.74) is 5.23. The quantitative estimate of drug-likeness (QED) is 0.418. The smallest absolute Gasteiger partial charge is 0.412 e. The standard InChI is InChI=1S/C18H29N3O4S/c1-7-12(16(23)21-14(15(19)22)9-10-26-6)11-13(8-2)20-17(24)25-18(3,4)5/h7-8,11,14H,1,9-10H2,2-6H3,(H2,19,22)(H,20,24)(H,21,23)/b12-11+,13-8+. The van der Waals surface area contributed by atoms with Gasteiger partial charge < -0.3 is 15.8 Å². The fourth-order valence-corrected chi connectivity index (χ4v) is 2.23. The first-order chi connectivity index (χ1) is 12.0. The molecule has 7 nitrogen and oxygen atoms in total. The number of carbonyl (C=O) groups is 3. The van der Waals surface area contributed by atoms with Gasteiger partial charge in [-0.3, -0.25) is 14.9 Å². The summed E-state index contributed by atoms with van der Waals surface area (Å²) in [7, 11) is 0. The third kappa shape index (κ3) is 9.93. The molecule has 1 atom stereocenters. The number of nitrogens with one attached hydrogen (secondary N) is 2. The van der Waals surface area contributed by atoms with Crippen molar-refractivity contribution in [3.05, 3.63) is 36.1 Å². The third-order valence-corrected chi connectivity index (χ3v) is 3.65. The monoisotopic (exact) mass is 383 g/mol. The number of nitrogens with two attached hydrogens (primary N) is 1. The van der Waals surface area contributed by atoms with Gasteiger partial charge >= 0.3 is 6.09 Å². The van der Waals surface area contributed by atoms with Crippen molar-refractivity contribution >= 4 is 29.7 Å². The molecule has 3 amide bonds. The van der Waals surface area contributed by atoms with Crippen molar-refractivity contribution in [1.82, 2.24) is 10.6 Å². The molecule has 8 heteroatoms. The second-order valence-electron chi connectivity index (χ2n) is 6.38. The molecule has 0 heterocycles. The van der Waals surface area contributed by atoms with E-state index in [4.69, 9.17) is 10.5 Å². The molecular formula is C18H29N3O4S. The number of hydrogen-bond donors (Lipinski definition) is 3. The molecule has 146 valence electrons. The Morgan fingerprint density at radius 3 is 2.35 bits per heavy atom. The van der Waals surface area contributed by atoms with Crippen molar-refractivity contribution in [3.63, 3.8) is 0 Å². The van der Waals surface area contributed by atoms with Gasteiger partial charge in [0.25, 0.3) is 5.91 Å². The van der Waals surface area contributed by atoms with Crippen LogP contribution in [0, 0.1) is 0 Å². The number of carbonyl (C=O) groups excluding carboxylic acids is 3. The number of amides is 3. The van der Waals surface area contributed by atoms with Crippen LogP contribution in [0.5, 0.6) is 0 Å². The number of alkyl carbamates (subject to hydrolysis) is 1. The van der Waals surface area contributed by atoms with E-state index in [-0.39, 0.29) is 5.57 Å². The lowest BCUT2D eigenvalue weighted by atomic mass is 10.1. The number of hydrogen-bond acceptors (Lipinski definition) is 5. The van der Waals surface area contributed by atoms with Crippen LogP contribution in [0.25, 0.3) is 0 Å². The molecule has 0 bridgehead atoms. The minimum atomic E-state index is -0.772. The van der Waals surface area contributed by atoms with Gasteiger partial charge in [0.05, 0.1) is 0 Å². The van der Waals surface area contributed by atoms with Crippen LogP contribution < -0.4 is 16.4 Å². The molecule has 0 aliphatic heterocycles. The first-order valence-electron chi connectivity index (χ1n) is 8.13. The molecule has 0 saturated heterocycles. The van der Waals surface area contributed by atoms with E-state index in [1.807, 2.05) is 6.26 Å². The average molecular weight is 384 g/mol. The lowest BCUT2D eigenvalue weighted by Gasteiger charge is -2.20. The van der Waals surface area contributed by atoms with Gasteiger partial charge in [0.2, 0.25) is 5.91 Å². The molecule has 0 spiro atoms. The Labute approximate surface area is 159 Å². The summed E-state index contributed by atoms with van der Waals surface area (Å²) in [4.78, 5) is 35.7. The Hall–Kier alpha value is -2.22. The normalized spacial score (nSPS) is 13.6. The van der Waals surface area contributed by atoms with E-state index in [0.717, 1.165) is 0 Å². The molecule has 1 unspecified atom stereocenters. The number of allylic oxidation sites excluding steroid dienone is 2. The molecule has 26 heavy (non-hydrogen) atoms. The van der Waals surface area contributed by atoms with Gasteiger partial charge in [-0.2, -0.15) is 11.8 Å². The van der Waals surface area contributed by atoms with E-state index >= 15 is 0 Å². The fraction of sp³-hybridized carbons (Fsp3) is 0.500. The van der Waals surface area contributed by atoms with E-state index in [1.165, 1.54) is 12.2 Å². The van der Waals surface area contributed by atoms with Crippen LogP contribution in [-0.4, -0.2) is 41.6 Å². The van der Waals surface area contributed by atoms with Gasteiger partial charge in [-0.25, -0.2) is 4.79 Å². The summed E-state index contributed by atoms with van der Waals surface area (Å²) < 4.78 is 5.18. The van der Waals surface area contributed by atoms with Crippen LogP contribution in [0.15, 0.2) is 36.1 Å². The maximum Gasteiger partial charge on any atom is 0.412 e. The van der Waals surface area contributed by atoms with E-state index in [9.17, 15) is 14.4 Å². The van der Waals surface area contributed by atoms with Crippen molar-refractivity contribution in [1.29, 1.82) is 0 Å². The van der Waals surface area contributed by atoms with E-state index in [0.29, 0.717) is 17.9 Å². The Kier molecular flexibility index (Phi) is 10.4. The van der Waals surface area contributed by atoms with Crippen LogP contribution in [0.2, 0.25) is 0 Å². The zero-order valence-corrected chi connectivity index (χ0v) is 16.9. The van der Waals surface area contributed by atoms with Gasteiger partial charge in [-0.1, -0.05) is 18.7 Å². The second kappa shape index (κ2) is 11.4. The number of thioether (sulfide) groups is 1.